The van der Waals surface area contributed by atoms with Gasteiger partial charge in [0.15, 0.2) is 0 Å². The molecular formula is C13H18F3N3O2S. The Morgan fingerprint density at radius 1 is 1.32 bits per heavy atom. The summed E-state index contributed by atoms with van der Waals surface area (Å²) in [7, 11) is 0. The van der Waals surface area contributed by atoms with Gasteiger partial charge in [0, 0.05) is 18.2 Å². The van der Waals surface area contributed by atoms with Crippen molar-refractivity contribution in [3.8, 4) is 0 Å². The zero-order chi connectivity index (χ0) is 16.2. The summed E-state index contributed by atoms with van der Waals surface area (Å²) in [5.74, 6) is -1.25. The van der Waals surface area contributed by atoms with Gasteiger partial charge in [-0.3, -0.25) is 9.59 Å². The van der Waals surface area contributed by atoms with Crippen molar-refractivity contribution in [1.29, 1.82) is 0 Å². The fourth-order valence-corrected chi connectivity index (χ4v) is 1.66. The summed E-state index contributed by atoms with van der Waals surface area (Å²) in [5, 5.41) is 2.48. The predicted octanol–water partition coefficient (Wildman–Crippen LogP) is 1.78. The Bertz CT molecular complexity index is 550. The lowest BCUT2D eigenvalue weighted by molar-refractivity contribution is -0.137. The first kappa shape index (κ1) is 20.1. The molecule has 0 heterocycles. The number of halogens is 3. The van der Waals surface area contributed by atoms with Crippen molar-refractivity contribution in [2.45, 2.75) is 32.0 Å². The van der Waals surface area contributed by atoms with E-state index in [1.807, 2.05) is 0 Å². The molecule has 124 valence electrons. The largest absolute Gasteiger partial charge is 0.416 e. The van der Waals surface area contributed by atoms with Crippen LogP contribution in [-0.4, -0.2) is 17.9 Å². The van der Waals surface area contributed by atoms with Gasteiger partial charge in [0.25, 0.3) is 5.91 Å². The number of nitrogen functional groups attached to an aromatic ring is 1. The molecule has 0 fully saturated rings. The average molecular weight is 337 g/mol. The fourth-order valence-electron chi connectivity index (χ4n) is 1.66. The van der Waals surface area contributed by atoms with E-state index in [2.05, 4.69) is 5.32 Å². The fraction of sp³-hybridized carbons (Fsp3) is 0.385. The first-order valence-corrected chi connectivity index (χ1v) is 6.17. The number of primary amides is 1. The normalized spacial score (nSPS) is 12.2. The van der Waals surface area contributed by atoms with E-state index >= 15 is 0 Å². The third-order valence-electron chi connectivity index (χ3n) is 2.83. The second-order valence-corrected chi connectivity index (χ2v) is 4.68. The molecule has 0 spiro atoms. The molecule has 0 aromatic heterocycles. The van der Waals surface area contributed by atoms with Gasteiger partial charge in [0.05, 0.1) is 11.1 Å². The molecule has 1 aromatic rings. The van der Waals surface area contributed by atoms with Crippen LogP contribution in [0.4, 0.5) is 18.9 Å². The van der Waals surface area contributed by atoms with E-state index in [0.29, 0.717) is 12.5 Å². The summed E-state index contributed by atoms with van der Waals surface area (Å²) in [5.41, 5.74) is 9.25. The smallest absolute Gasteiger partial charge is 0.398 e. The topological polar surface area (TPSA) is 98.2 Å². The van der Waals surface area contributed by atoms with Gasteiger partial charge in [0.2, 0.25) is 5.91 Å². The summed E-state index contributed by atoms with van der Waals surface area (Å²) >= 11 is 0. The number of amides is 2. The van der Waals surface area contributed by atoms with E-state index < -0.39 is 29.6 Å². The van der Waals surface area contributed by atoms with Gasteiger partial charge in [-0.05, 0) is 31.5 Å². The van der Waals surface area contributed by atoms with Crippen molar-refractivity contribution < 1.29 is 22.8 Å². The van der Waals surface area contributed by atoms with Gasteiger partial charge in [-0.2, -0.15) is 26.7 Å². The second kappa shape index (κ2) is 7.92. The molecule has 0 unspecified atom stereocenters. The number of hydrogen-bond donors (Lipinski definition) is 3. The maximum atomic E-state index is 12.6. The molecule has 0 saturated carbocycles. The van der Waals surface area contributed by atoms with Crippen molar-refractivity contribution in [3.63, 3.8) is 0 Å². The first-order chi connectivity index (χ1) is 9.61. The highest BCUT2D eigenvalue weighted by molar-refractivity contribution is 7.59. The molecule has 0 bridgehead atoms. The van der Waals surface area contributed by atoms with Crippen LogP contribution in [0.5, 0.6) is 0 Å². The molecule has 1 atom stereocenters. The van der Waals surface area contributed by atoms with Crippen LogP contribution in [0.2, 0.25) is 0 Å². The maximum absolute atomic E-state index is 12.6. The van der Waals surface area contributed by atoms with Crippen LogP contribution in [0.1, 0.15) is 35.7 Å². The minimum atomic E-state index is -4.56. The molecule has 0 aliphatic heterocycles. The molecular weight excluding hydrogens is 319 g/mol. The van der Waals surface area contributed by atoms with Gasteiger partial charge >= 0.3 is 6.18 Å². The molecule has 0 saturated heterocycles. The van der Waals surface area contributed by atoms with Gasteiger partial charge < -0.3 is 16.8 Å². The van der Waals surface area contributed by atoms with E-state index in [0.717, 1.165) is 12.1 Å². The number of anilines is 1. The summed E-state index contributed by atoms with van der Waals surface area (Å²) < 4.78 is 37.8. The van der Waals surface area contributed by atoms with Gasteiger partial charge in [-0.25, -0.2) is 0 Å². The quantitative estimate of drug-likeness (QED) is 0.714. The van der Waals surface area contributed by atoms with E-state index in [9.17, 15) is 22.8 Å². The lowest BCUT2D eigenvalue weighted by Crippen LogP contribution is -2.34. The Morgan fingerprint density at radius 2 is 1.91 bits per heavy atom. The Labute approximate surface area is 132 Å². The number of hydrogen-bond acceptors (Lipinski definition) is 3. The predicted molar refractivity (Wildman–Crippen MR) is 81.6 cm³/mol. The van der Waals surface area contributed by atoms with Gasteiger partial charge in [-0.15, -0.1) is 0 Å². The van der Waals surface area contributed by atoms with Crippen LogP contribution in [0.25, 0.3) is 0 Å². The van der Waals surface area contributed by atoms with E-state index in [4.69, 9.17) is 11.5 Å². The number of carbonyl (C=O) groups is 2. The molecule has 0 aliphatic rings. The molecule has 1 aromatic carbocycles. The second-order valence-electron chi connectivity index (χ2n) is 4.68. The van der Waals surface area contributed by atoms with E-state index in [-0.39, 0.29) is 31.2 Å². The zero-order valence-electron chi connectivity index (χ0n) is 11.8. The highest BCUT2D eigenvalue weighted by Crippen LogP contribution is 2.31. The lowest BCUT2D eigenvalue weighted by Gasteiger charge is -2.15. The van der Waals surface area contributed by atoms with Crippen molar-refractivity contribution >= 4 is 31.0 Å². The van der Waals surface area contributed by atoms with Crippen molar-refractivity contribution in [1.82, 2.24) is 5.32 Å². The van der Waals surface area contributed by atoms with E-state index in [1.54, 1.807) is 6.92 Å². The molecule has 1 rings (SSSR count). The lowest BCUT2D eigenvalue weighted by atomic mass is 10.1. The first-order valence-electron chi connectivity index (χ1n) is 6.17. The van der Waals surface area contributed by atoms with Crippen LogP contribution >= 0.6 is 13.5 Å². The number of nitrogens with one attached hydrogen (secondary N) is 1. The SMILES string of the molecule is C[C@@H](CCC(N)=O)NC(=O)c1cc(C(F)(F)F)ccc1N.S. The monoisotopic (exact) mass is 337 g/mol. The minimum Gasteiger partial charge on any atom is -0.398 e. The molecule has 5 N–H and O–H groups in total. The van der Waals surface area contributed by atoms with Crippen LogP contribution in [0.15, 0.2) is 18.2 Å². The number of nitrogens with two attached hydrogens (primary N) is 2. The van der Waals surface area contributed by atoms with Crippen LogP contribution < -0.4 is 16.8 Å². The van der Waals surface area contributed by atoms with Crippen molar-refractivity contribution in [2.24, 2.45) is 5.73 Å². The summed E-state index contributed by atoms with van der Waals surface area (Å²) in [4.78, 5) is 22.6. The summed E-state index contributed by atoms with van der Waals surface area (Å²) in [6.07, 6.45) is -4.19. The standard InChI is InChI=1S/C13H16F3N3O2.H2S/c1-7(2-5-11(18)20)19-12(21)9-6-8(13(14,15)16)3-4-10(9)17;/h3-4,6-7H,2,5,17H2,1H3,(H2,18,20)(H,19,21);1H2/t7-;/m0./s1. The Kier molecular flexibility index (Phi) is 7.24. The van der Waals surface area contributed by atoms with Crippen LogP contribution in [0.3, 0.4) is 0 Å². The third kappa shape index (κ3) is 5.84. The average Bonchev–Trinajstić information content (AvgIpc) is 2.35. The highest BCUT2D eigenvalue weighted by Gasteiger charge is 2.31. The van der Waals surface area contributed by atoms with Crippen molar-refractivity contribution in [3.05, 3.63) is 29.3 Å². The molecule has 2 amide bonds. The molecule has 0 radical (unpaired) electrons. The number of rotatable bonds is 5. The zero-order valence-corrected chi connectivity index (χ0v) is 12.8. The van der Waals surface area contributed by atoms with Gasteiger partial charge in [0.1, 0.15) is 0 Å². The van der Waals surface area contributed by atoms with Gasteiger partial charge in [-0.1, -0.05) is 0 Å². The molecule has 22 heavy (non-hydrogen) atoms. The van der Waals surface area contributed by atoms with E-state index in [1.165, 1.54) is 0 Å². The Morgan fingerprint density at radius 3 is 2.41 bits per heavy atom. The highest BCUT2D eigenvalue weighted by atomic mass is 32.1. The molecule has 9 heteroatoms. The van der Waals surface area contributed by atoms with Crippen LogP contribution in [0, 0.1) is 0 Å². The summed E-state index contributed by atoms with van der Waals surface area (Å²) in [6.45, 7) is 1.62. The number of carbonyl (C=O) groups excluding carboxylic acids is 2. The number of benzene rings is 1. The minimum absolute atomic E-state index is 0. The number of alkyl halides is 3. The summed E-state index contributed by atoms with van der Waals surface area (Å²) in [6, 6.07) is 2.12. The third-order valence-corrected chi connectivity index (χ3v) is 2.83. The molecule has 0 aliphatic carbocycles. The van der Waals surface area contributed by atoms with Crippen LogP contribution in [-0.2, 0) is 11.0 Å². The maximum Gasteiger partial charge on any atom is 0.416 e. The Balaban J connectivity index is 0.00000441. The van der Waals surface area contributed by atoms with Crippen molar-refractivity contribution in [2.75, 3.05) is 5.73 Å². The Hall–Kier alpha value is -1.90. The molecule has 5 nitrogen and oxygen atoms in total.